The first-order valence-corrected chi connectivity index (χ1v) is 7.03. The highest BCUT2D eigenvalue weighted by molar-refractivity contribution is 5.89. The molecule has 0 amide bonds. The molecule has 4 nitrogen and oxygen atoms in total. The highest BCUT2D eigenvalue weighted by Gasteiger charge is 2.24. The summed E-state index contributed by atoms with van der Waals surface area (Å²) >= 11 is 0. The fraction of sp³-hybridized carbons (Fsp3) is 0.500. The van der Waals surface area contributed by atoms with E-state index in [2.05, 4.69) is 17.9 Å². The second-order valence-electron chi connectivity index (χ2n) is 5.69. The van der Waals surface area contributed by atoms with Crippen LogP contribution in [0.4, 0.5) is 5.69 Å². The molecule has 2 rings (SSSR count). The molecule has 0 spiro atoms. The number of benzene rings is 1. The summed E-state index contributed by atoms with van der Waals surface area (Å²) in [6.07, 6.45) is 4.74. The van der Waals surface area contributed by atoms with Gasteiger partial charge in [0.25, 0.3) is 0 Å². The van der Waals surface area contributed by atoms with Crippen LogP contribution in [0.5, 0.6) is 0 Å². The zero-order valence-electron chi connectivity index (χ0n) is 12.0. The minimum absolute atomic E-state index is 0.163. The summed E-state index contributed by atoms with van der Waals surface area (Å²) in [6, 6.07) is 7.33. The number of anilines is 1. The van der Waals surface area contributed by atoms with E-state index >= 15 is 0 Å². The van der Waals surface area contributed by atoms with E-state index in [1.54, 1.807) is 12.1 Å². The Hall–Kier alpha value is -2.02. The first-order chi connectivity index (χ1) is 9.52. The molecule has 0 heterocycles. The molecule has 4 heteroatoms. The molecule has 1 aromatic carbocycles. The normalized spacial score (nSPS) is 22.1. The van der Waals surface area contributed by atoms with Crippen LogP contribution in [0.3, 0.4) is 0 Å². The van der Waals surface area contributed by atoms with E-state index in [9.17, 15) is 10.1 Å². The maximum atomic E-state index is 11.0. The molecule has 0 radical (unpaired) electrons. The smallest absolute Gasteiger partial charge is 0.335 e. The van der Waals surface area contributed by atoms with Gasteiger partial charge in [-0.3, -0.25) is 0 Å². The highest BCUT2D eigenvalue weighted by atomic mass is 16.4. The number of aromatic carboxylic acids is 1. The van der Waals surface area contributed by atoms with Gasteiger partial charge in [0.1, 0.15) is 6.07 Å². The van der Waals surface area contributed by atoms with Gasteiger partial charge in [-0.15, -0.1) is 0 Å². The molecule has 20 heavy (non-hydrogen) atoms. The minimum Gasteiger partial charge on any atom is -0.478 e. The number of carbonyl (C=O) groups is 1. The average molecular weight is 272 g/mol. The van der Waals surface area contributed by atoms with Crippen molar-refractivity contribution in [3.63, 3.8) is 0 Å². The molecule has 1 saturated carbocycles. The zero-order chi connectivity index (χ0) is 14.7. The number of hydrogen-bond acceptors (Lipinski definition) is 3. The van der Waals surface area contributed by atoms with Crippen molar-refractivity contribution < 1.29 is 9.90 Å². The lowest BCUT2D eigenvalue weighted by molar-refractivity contribution is 0.0697. The number of nitriles is 1. The molecule has 1 fully saturated rings. The molecule has 0 aromatic heterocycles. The quantitative estimate of drug-likeness (QED) is 0.917. The lowest BCUT2D eigenvalue weighted by atomic mass is 9.86. The van der Waals surface area contributed by atoms with Crippen molar-refractivity contribution >= 4 is 11.7 Å². The highest BCUT2D eigenvalue weighted by Crippen LogP contribution is 2.31. The molecule has 0 bridgehead atoms. The molecule has 0 saturated heterocycles. The van der Waals surface area contributed by atoms with Crippen LogP contribution in [0.1, 0.15) is 48.5 Å². The number of carboxylic acid groups (broad SMARTS) is 1. The van der Waals surface area contributed by atoms with Crippen molar-refractivity contribution in [3.8, 4) is 6.07 Å². The Morgan fingerprint density at radius 2 is 2.20 bits per heavy atom. The lowest BCUT2D eigenvalue weighted by Crippen LogP contribution is -2.36. The maximum absolute atomic E-state index is 11.0. The minimum atomic E-state index is -0.998. The summed E-state index contributed by atoms with van der Waals surface area (Å²) < 4.78 is 0. The molecule has 0 aliphatic heterocycles. The molecule has 1 N–H and O–H groups in total. The van der Waals surface area contributed by atoms with Gasteiger partial charge in [0.15, 0.2) is 0 Å². The van der Waals surface area contributed by atoms with Crippen LogP contribution in [0.15, 0.2) is 18.2 Å². The molecule has 1 aliphatic carbocycles. The van der Waals surface area contributed by atoms with Crippen LogP contribution in [-0.2, 0) is 0 Å². The second-order valence-corrected chi connectivity index (χ2v) is 5.69. The summed E-state index contributed by atoms with van der Waals surface area (Å²) in [6.45, 7) is 2.26. The third-order valence-electron chi connectivity index (χ3n) is 4.20. The summed E-state index contributed by atoms with van der Waals surface area (Å²) in [7, 11) is 2.00. The molecular weight excluding hydrogens is 252 g/mol. The van der Waals surface area contributed by atoms with Gasteiger partial charge in [-0.2, -0.15) is 5.26 Å². The van der Waals surface area contributed by atoms with Crippen LogP contribution >= 0.6 is 0 Å². The number of nitrogens with zero attached hydrogens (tertiary/aromatic N) is 2. The Morgan fingerprint density at radius 3 is 2.80 bits per heavy atom. The van der Waals surface area contributed by atoms with Gasteiger partial charge in [-0.25, -0.2) is 4.79 Å². The van der Waals surface area contributed by atoms with Gasteiger partial charge in [-0.1, -0.05) is 19.8 Å². The number of carboxylic acids is 1. The molecule has 1 aromatic rings. The Balaban J connectivity index is 2.27. The second kappa shape index (κ2) is 5.96. The van der Waals surface area contributed by atoms with E-state index in [0.29, 0.717) is 17.5 Å². The Labute approximate surface area is 119 Å². The van der Waals surface area contributed by atoms with Crippen LogP contribution in [-0.4, -0.2) is 24.2 Å². The van der Waals surface area contributed by atoms with E-state index in [4.69, 9.17) is 5.11 Å². The van der Waals surface area contributed by atoms with Gasteiger partial charge < -0.3 is 10.0 Å². The largest absolute Gasteiger partial charge is 0.478 e. The summed E-state index contributed by atoms with van der Waals surface area (Å²) in [4.78, 5) is 13.1. The fourth-order valence-electron chi connectivity index (χ4n) is 3.02. The van der Waals surface area contributed by atoms with Crippen molar-refractivity contribution in [1.82, 2.24) is 0 Å². The first-order valence-electron chi connectivity index (χ1n) is 7.03. The van der Waals surface area contributed by atoms with Crippen LogP contribution in [0.2, 0.25) is 0 Å². The van der Waals surface area contributed by atoms with E-state index in [-0.39, 0.29) is 5.56 Å². The van der Waals surface area contributed by atoms with E-state index < -0.39 is 5.97 Å². The molecular formula is C16H20N2O2. The predicted molar refractivity (Wildman–Crippen MR) is 77.9 cm³/mol. The Kier molecular flexibility index (Phi) is 4.29. The van der Waals surface area contributed by atoms with E-state index in [1.807, 2.05) is 7.05 Å². The third-order valence-corrected chi connectivity index (χ3v) is 4.20. The SMILES string of the molecule is CC1CCCC(N(C)c2ccc(C(=O)O)cc2C#N)C1. The fourth-order valence-corrected chi connectivity index (χ4v) is 3.02. The Bertz CT molecular complexity index is 548. The topological polar surface area (TPSA) is 64.3 Å². The van der Waals surface area contributed by atoms with E-state index in [0.717, 1.165) is 18.5 Å². The summed E-state index contributed by atoms with van der Waals surface area (Å²) in [5.41, 5.74) is 1.43. The van der Waals surface area contributed by atoms with Gasteiger partial charge >= 0.3 is 5.97 Å². The number of rotatable bonds is 3. The Morgan fingerprint density at radius 1 is 1.45 bits per heavy atom. The van der Waals surface area contributed by atoms with Gasteiger partial charge in [0.05, 0.1) is 16.8 Å². The molecule has 106 valence electrons. The summed E-state index contributed by atoms with van der Waals surface area (Å²) in [5.74, 6) is -0.290. The van der Waals surface area contributed by atoms with E-state index in [1.165, 1.54) is 18.9 Å². The monoisotopic (exact) mass is 272 g/mol. The van der Waals surface area contributed by atoms with Crippen molar-refractivity contribution in [2.24, 2.45) is 5.92 Å². The third kappa shape index (κ3) is 2.93. The van der Waals surface area contributed by atoms with Crippen LogP contribution < -0.4 is 4.90 Å². The summed E-state index contributed by atoms with van der Waals surface area (Å²) in [5, 5.41) is 18.2. The average Bonchev–Trinajstić information content (AvgIpc) is 2.45. The van der Waals surface area contributed by atoms with Gasteiger partial charge in [0, 0.05) is 13.1 Å². The van der Waals surface area contributed by atoms with Crippen LogP contribution in [0.25, 0.3) is 0 Å². The zero-order valence-corrected chi connectivity index (χ0v) is 12.0. The standard InChI is InChI=1S/C16H20N2O2/c1-11-4-3-5-14(8-11)18(2)15-7-6-12(16(19)20)9-13(15)10-17/h6-7,9,11,14H,3-5,8H2,1-2H3,(H,19,20). The van der Waals surface area contributed by atoms with Crippen molar-refractivity contribution in [2.75, 3.05) is 11.9 Å². The maximum Gasteiger partial charge on any atom is 0.335 e. The lowest BCUT2D eigenvalue weighted by Gasteiger charge is -2.36. The first kappa shape index (κ1) is 14.4. The molecule has 1 aliphatic rings. The predicted octanol–water partition coefficient (Wildman–Crippen LogP) is 3.27. The van der Waals surface area contributed by atoms with Crippen molar-refractivity contribution in [3.05, 3.63) is 29.3 Å². The molecule has 2 atom stereocenters. The van der Waals surface area contributed by atoms with Crippen molar-refractivity contribution in [1.29, 1.82) is 5.26 Å². The van der Waals surface area contributed by atoms with Crippen molar-refractivity contribution in [2.45, 2.75) is 38.6 Å². The van der Waals surface area contributed by atoms with Crippen LogP contribution in [0, 0.1) is 17.2 Å². The molecule has 2 unspecified atom stereocenters. The van der Waals surface area contributed by atoms with Gasteiger partial charge in [-0.05, 0) is 37.0 Å². The number of hydrogen-bond donors (Lipinski definition) is 1. The van der Waals surface area contributed by atoms with Gasteiger partial charge in [0.2, 0.25) is 0 Å².